The zero-order valence-corrected chi connectivity index (χ0v) is 4.73. The number of hydrogen-bond donors (Lipinski definition) is 0. The topological polar surface area (TPSA) is 0 Å². The molecule has 0 nitrogen and oxygen atoms in total. The van der Waals surface area contributed by atoms with E-state index >= 15 is 0 Å². The van der Waals surface area contributed by atoms with Gasteiger partial charge in [0.05, 0.1) is 0 Å². The van der Waals surface area contributed by atoms with Crippen molar-refractivity contribution in [1.82, 2.24) is 0 Å². The van der Waals surface area contributed by atoms with E-state index < -0.39 is 0 Å². The monoisotopic (exact) mass is 156 g/mol. The van der Waals surface area contributed by atoms with Crippen LogP contribution in [0.4, 0.5) is 0 Å². The molecule has 0 heterocycles. The van der Waals surface area contributed by atoms with Crippen molar-refractivity contribution in [2.24, 2.45) is 0 Å². The fourth-order valence-corrected chi connectivity index (χ4v) is 0. The number of rotatable bonds is 0. The van der Waals surface area contributed by atoms with Crippen LogP contribution in [0, 0.1) is 0 Å². The molecular weight excluding hydrogens is 146 g/mol. The van der Waals surface area contributed by atoms with Crippen LogP contribution in [-0.4, -0.2) is 100 Å². The second kappa shape index (κ2) is 25.3. The standard InChI is InChI=1S/Ca.Mg.Na.H5PSi.5H/c;;;1-2;;;;;/h;;;1H2,2H3;;;;;. The summed E-state index contributed by atoms with van der Waals surface area (Å²) in [4.78, 5) is 0. The molecular formula is H10CaMgNaPSi. The van der Waals surface area contributed by atoms with Gasteiger partial charge in [0.25, 0.3) is 0 Å². The van der Waals surface area contributed by atoms with Crippen molar-refractivity contribution in [3.05, 3.63) is 0 Å². The van der Waals surface area contributed by atoms with Gasteiger partial charge in [0.1, 0.15) is 0 Å². The largest absolute Gasteiger partial charge is 0.159 e. The zero-order chi connectivity index (χ0) is 2.00. The van der Waals surface area contributed by atoms with Gasteiger partial charge < -0.3 is 0 Å². The first-order valence-corrected chi connectivity index (χ1v) is 5.20. The van der Waals surface area contributed by atoms with E-state index in [2.05, 4.69) is 8.79 Å². The van der Waals surface area contributed by atoms with Crippen LogP contribution in [0.1, 0.15) is 0 Å². The summed E-state index contributed by atoms with van der Waals surface area (Å²) in [6.07, 6.45) is 0. The maximum Gasteiger partial charge on any atom is 0.0252 e. The van der Waals surface area contributed by atoms with E-state index in [0.29, 0.717) is 0 Å². The summed E-state index contributed by atoms with van der Waals surface area (Å²) in [5.41, 5.74) is 0. The van der Waals surface area contributed by atoms with Crippen LogP contribution in [0.3, 0.4) is 0 Å². The second-order valence-electron chi connectivity index (χ2n) is 0. The third kappa shape index (κ3) is 18.3. The zero-order valence-electron chi connectivity index (χ0n) is 1.58. The Kier molecular flexibility index (Phi) is 118. The molecule has 0 saturated heterocycles. The minimum atomic E-state index is 0. The molecule has 0 fully saturated rings. The first kappa shape index (κ1) is 23.4. The van der Waals surface area contributed by atoms with Crippen molar-refractivity contribution in [2.45, 2.75) is 0 Å². The van der Waals surface area contributed by atoms with Crippen molar-refractivity contribution in [3.8, 4) is 0 Å². The predicted octanol–water partition coefficient (Wildman–Crippen LogP) is -3.34. The molecule has 0 radical (unpaired) electrons. The van der Waals surface area contributed by atoms with E-state index in [1.165, 1.54) is 9.91 Å². The van der Waals surface area contributed by atoms with Gasteiger partial charge in [-0.25, -0.2) is 0 Å². The van der Waals surface area contributed by atoms with E-state index in [9.17, 15) is 0 Å². The molecule has 24 valence electrons. The predicted molar refractivity (Wildman–Crippen MR) is 43.9 cm³/mol. The number of hydrogen-bond acceptors (Lipinski definition) is 0. The Labute approximate surface area is 107 Å². The van der Waals surface area contributed by atoms with Gasteiger partial charge in [0.2, 0.25) is 0 Å². The van der Waals surface area contributed by atoms with Gasteiger partial charge in [0.15, 0.2) is 0 Å². The first-order chi connectivity index (χ1) is 1.00. The summed E-state index contributed by atoms with van der Waals surface area (Å²) in [7, 11) is 3.78. The second-order valence-corrected chi connectivity index (χ2v) is 0. The van der Waals surface area contributed by atoms with E-state index in [4.69, 9.17) is 0 Å². The summed E-state index contributed by atoms with van der Waals surface area (Å²) in [6, 6.07) is 0. The molecule has 1 unspecified atom stereocenters. The van der Waals surface area contributed by atoms with Crippen LogP contribution < -0.4 is 0 Å². The molecule has 0 aromatic heterocycles. The Morgan fingerprint density at radius 1 is 1.20 bits per heavy atom. The molecule has 0 rings (SSSR count). The maximum atomic E-state index is 2.56. The van der Waals surface area contributed by atoms with Gasteiger partial charge >= 0.3 is 90.3 Å². The molecule has 0 aliphatic carbocycles. The van der Waals surface area contributed by atoms with Crippen LogP contribution in [0.25, 0.3) is 0 Å². The average molecular weight is 157 g/mol. The summed E-state index contributed by atoms with van der Waals surface area (Å²) in [6.45, 7) is 0. The van der Waals surface area contributed by atoms with Crippen LogP contribution in [0.15, 0.2) is 0 Å². The molecule has 0 saturated carbocycles. The molecule has 0 bridgehead atoms. The minimum absolute atomic E-state index is 0. The Morgan fingerprint density at radius 3 is 1.20 bits per heavy atom. The molecule has 0 N–H and O–H groups in total. The van der Waals surface area contributed by atoms with Gasteiger partial charge in [-0.1, -0.05) is 0 Å². The van der Waals surface area contributed by atoms with E-state index in [0.717, 1.165) is 0 Å². The third-order valence-electron chi connectivity index (χ3n) is 0. The Morgan fingerprint density at radius 2 is 1.20 bits per heavy atom. The van der Waals surface area contributed by atoms with Crippen molar-refractivity contribution >= 4 is 109 Å². The molecule has 0 aliphatic rings. The van der Waals surface area contributed by atoms with E-state index in [1.54, 1.807) is 0 Å². The van der Waals surface area contributed by atoms with Crippen LogP contribution in [0.2, 0.25) is 0 Å². The third-order valence-corrected chi connectivity index (χ3v) is 0. The Bertz CT molecular complexity index is 11.6. The van der Waals surface area contributed by atoms with Crippen LogP contribution in [0.5, 0.6) is 0 Å². The fourth-order valence-electron chi connectivity index (χ4n) is 0. The molecule has 0 aromatic carbocycles. The molecule has 0 amide bonds. The quantitative estimate of drug-likeness (QED) is 0.254. The van der Waals surface area contributed by atoms with Crippen LogP contribution in [-0.2, 0) is 0 Å². The molecule has 0 aliphatic heterocycles. The molecule has 1 atom stereocenters. The fraction of sp³-hybridized carbons (Fsp3) is 0. The maximum absolute atomic E-state index is 2.56. The van der Waals surface area contributed by atoms with Gasteiger partial charge in [-0.2, -0.15) is 8.79 Å². The Balaban J connectivity index is -0.00000000167. The van der Waals surface area contributed by atoms with Gasteiger partial charge in [-0.05, 0) is 0 Å². The molecule has 5 heteroatoms. The first-order valence-electron chi connectivity index (χ1n) is 0.577. The van der Waals surface area contributed by atoms with Crippen molar-refractivity contribution in [3.63, 3.8) is 0 Å². The Hall–Kier alpha value is 3.67. The molecule has 5 heavy (non-hydrogen) atoms. The van der Waals surface area contributed by atoms with Crippen molar-refractivity contribution in [1.29, 1.82) is 0 Å². The van der Waals surface area contributed by atoms with E-state index in [1.807, 2.05) is 0 Å². The van der Waals surface area contributed by atoms with Crippen LogP contribution >= 0.6 is 8.79 Å². The summed E-state index contributed by atoms with van der Waals surface area (Å²) >= 11 is 0. The average Bonchev–Trinajstić information content (AvgIpc) is 1.00. The van der Waals surface area contributed by atoms with Crippen molar-refractivity contribution in [2.75, 3.05) is 0 Å². The summed E-state index contributed by atoms with van der Waals surface area (Å²) in [5.74, 6) is 0. The van der Waals surface area contributed by atoms with Gasteiger partial charge in [-0.3, -0.25) is 0 Å². The van der Waals surface area contributed by atoms with Gasteiger partial charge in [0, 0.05) is 9.91 Å². The van der Waals surface area contributed by atoms with E-state index in [-0.39, 0.29) is 90.3 Å². The normalized spacial score (nSPS) is 1.80. The molecule has 0 aromatic rings. The summed E-state index contributed by atoms with van der Waals surface area (Å²) in [5, 5.41) is 0. The smallest absolute Gasteiger partial charge is 0.0252 e. The van der Waals surface area contributed by atoms with Crippen molar-refractivity contribution < 1.29 is 0 Å². The molecule has 0 spiro atoms. The summed E-state index contributed by atoms with van der Waals surface area (Å²) < 4.78 is 0. The minimum Gasteiger partial charge on any atom is -0.159 e. The van der Waals surface area contributed by atoms with Gasteiger partial charge in [-0.15, -0.1) is 0 Å². The SMILES string of the molecule is [CaH2].[MgH2].[NaH].[SiH3]P.